The highest BCUT2D eigenvalue weighted by atomic mass is 32.2. The maximum Gasteiger partial charge on any atom is 0.243 e. The fourth-order valence-electron chi connectivity index (χ4n) is 4.36. The van der Waals surface area contributed by atoms with Gasteiger partial charge in [0.15, 0.2) is 0 Å². The number of hydrogen-bond donors (Lipinski definition) is 1. The molecule has 0 radical (unpaired) electrons. The zero-order chi connectivity index (χ0) is 22.9. The molecule has 2 saturated heterocycles. The van der Waals surface area contributed by atoms with Crippen LogP contribution in [0.15, 0.2) is 47.4 Å². The second kappa shape index (κ2) is 9.03. The molecule has 2 heterocycles. The summed E-state index contributed by atoms with van der Waals surface area (Å²) in [5.41, 5.74) is 3.41. The highest BCUT2D eigenvalue weighted by molar-refractivity contribution is 7.89. The van der Waals surface area contributed by atoms with Gasteiger partial charge >= 0.3 is 0 Å². The Morgan fingerprint density at radius 3 is 2.47 bits per heavy atom. The van der Waals surface area contributed by atoms with E-state index < -0.39 is 15.9 Å². The monoisotopic (exact) mass is 455 g/mol. The third-order valence-electron chi connectivity index (χ3n) is 6.25. The highest BCUT2D eigenvalue weighted by Crippen LogP contribution is 2.29. The van der Waals surface area contributed by atoms with Crippen molar-refractivity contribution in [3.63, 3.8) is 0 Å². The summed E-state index contributed by atoms with van der Waals surface area (Å²) < 4.78 is 27.5. The third-order valence-corrected chi connectivity index (χ3v) is 8.13. The van der Waals surface area contributed by atoms with Gasteiger partial charge in [-0.25, -0.2) is 8.42 Å². The number of piperidine rings is 1. The molecule has 7 nitrogen and oxygen atoms in total. The standard InChI is InChI=1S/C24H29N3O4S/c1-17-7-11-21(12-8-17)32(30,31)26-13-3-5-19(16-26)24(29)25-20-10-9-18(2)22(15-20)27-14-4-6-23(27)28/h7-12,15,19H,3-6,13-14,16H2,1-2H3,(H,25,29)/t19-/m0/s1. The third kappa shape index (κ3) is 4.56. The van der Waals surface area contributed by atoms with Crippen LogP contribution in [0.25, 0.3) is 0 Å². The first-order valence-corrected chi connectivity index (χ1v) is 12.5. The van der Waals surface area contributed by atoms with Crippen molar-refractivity contribution in [2.75, 3.05) is 29.9 Å². The number of anilines is 2. The Hall–Kier alpha value is -2.71. The summed E-state index contributed by atoms with van der Waals surface area (Å²) in [6.45, 7) is 5.11. The summed E-state index contributed by atoms with van der Waals surface area (Å²) in [6.07, 6.45) is 2.64. The lowest BCUT2D eigenvalue weighted by atomic mass is 9.98. The molecule has 2 fully saturated rings. The molecule has 2 aliphatic rings. The molecule has 4 rings (SSSR count). The van der Waals surface area contributed by atoms with Gasteiger partial charge in [-0.2, -0.15) is 4.31 Å². The summed E-state index contributed by atoms with van der Waals surface area (Å²) in [5.74, 6) is -0.528. The van der Waals surface area contributed by atoms with Crippen molar-refractivity contribution in [1.29, 1.82) is 0 Å². The molecule has 2 amide bonds. The topological polar surface area (TPSA) is 86.8 Å². The van der Waals surface area contributed by atoms with Crippen LogP contribution in [0, 0.1) is 19.8 Å². The molecule has 0 spiro atoms. The average molecular weight is 456 g/mol. The van der Waals surface area contributed by atoms with Crippen molar-refractivity contribution in [2.45, 2.75) is 44.4 Å². The molecule has 0 unspecified atom stereocenters. The van der Waals surface area contributed by atoms with Crippen LogP contribution in [0.1, 0.15) is 36.8 Å². The summed E-state index contributed by atoms with van der Waals surface area (Å²) in [7, 11) is -3.64. The van der Waals surface area contributed by atoms with E-state index in [2.05, 4.69) is 5.32 Å². The Morgan fingerprint density at radius 2 is 1.78 bits per heavy atom. The van der Waals surface area contributed by atoms with Crippen LogP contribution in [-0.2, 0) is 19.6 Å². The number of nitrogens with zero attached hydrogens (tertiary/aromatic N) is 2. The Labute approximate surface area is 189 Å². The zero-order valence-corrected chi connectivity index (χ0v) is 19.3. The van der Waals surface area contributed by atoms with Gasteiger partial charge < -0.3 is 10.2 Å². The lowest BCUT2D eigenvalue weighted by Gasteiger charge is -2.31. The van der Waals surface area contributed by atoms with Crippen LogP contribution in [0.5, 0.6) is 0 Å². The molecule has 0 saturated carbocycles. The second-order valence-electron chi connectivity index (χ2n) is 8.65. The molecular formula is C24H29N3O4S. The highest BCUT2D eigenvalue weighted by Gasteiger charge is 2.33. The molecule has 2 aromatic carbocycles. The van der Waals surface area contributed by atoms with Crippen molar-refractivity contribution in [3.05, 3.63) is 53.6 Å². The van der Waals surface area contributed by atoms with Crippen molar-refractivity contribution in [3.8, 4) is 0 Å². The maximum atomic E-state index is 13.0. The van der Waals surface area contributed by atoms with Gasteiger partial charge in [0.1, 0.15) is 0 Å². The minimum atomic E-state index is -3.64. The van der Waals surface area contributed by atoms with Crippen LogP contribution in [0.4, 0.5) is 11.4 Å². The van der Waals surface area contributed by atoms with Crippen LogP contribution in [0.2, 0.25) is 0 Å². The fourth-order valence-corrected chi connectivity index (χ4v) is 5.88. The second-order valence-corrected chi connectivity index (χ2v) is 10.6. The predicted octanol–water partition coefficient (Wildman–Crippen LogP) is 3.47. The Kier molecular flexibility index (Phi) is 6.35. The summed E-state index contributed by atoms with van der Waals surface area (Å²) in [5, 5.41) is 2.94. The number of benzene rings is 2. The van der Waals surface area contributed by atoms with Gasteiger partial charge in [-0.15, -0.1) is 0 Å². The first kappa shape index (κ1) is 22.5. The molecule has 0 aliphatic carbocycles. The number of rotatable bonds is 5. The minimum Gasteiger partial charge on any atom is -0.326 e. The first-order chi connectivity index (χ1) is 15.3. The molecule has 0 bridgehead atoms. The molecule has 8 heteroatoms. The normalized spacial score (nSPS) is 19.9. The number of aryl methyl sites for hydroxylation is 2. The van der Waals surface area contributed by atoms with E-state index in [0.717, 1.165) is 23.2 Å². The predicted molar refractivity (Wildman–Crippen MR) is 124 cm³/mol. The fraction of sp³-hybridized carbons (Fsp3) is 0.417. The van der Waals surface area contributed by atoms with Crippen LogP contribution < -0.4 is 10.2 Å². The summed E-state index contributed by atoms with van der Waals surface area (Å²) in [6, 6.07) is 12.3. The van der Waals surface area contributed by atoms with E-state index in [1.165, 1.54) is 4.31 Å². The lowest BCUT2D eigenvalue weighted by Crippen LogP contribution is -2.43. The molecule has 1 atom stereocenters. The number of nitrogens with one attached hydrogen (secondary N) is 1. The van der Waals surface area contributed by atoms with Crippen molar-refractivity contribution >= 4 is 33.2 Å². The SMILES string of the molecule is Cc1ccc(S(=O)(=O)N2CCC[C@H](C(=O)Nc3ccc(C)c(N4CCCC4=O)c3)C2)cc1. The zero-order valence-electron chi connectivity index (χ0n) is 18.5. The van der Waals surface area contributed by atoms with Crippen LogP contribution in [-0.4, -0.2) is 44.2 Å². The van der Waals surface area contributed by atoms with Crippen LogP contribution >= 0.6 is 0 Å². The number of hydrogen-bond acceptors (Lipinski definition) is 4. The van der Waals surface area contributed by atoms with E-state index in [9.17, 15) is 18.0 Å². The molecule has 1 N–H and O–H groups in total. The van der Waals surface area contributed by atoms with E-state index in [-0.39, 0.29) is 23.3 Å². The number of carbonyl (C=O) groups excluding carboxylic acids is 2. The summed E-state index contributed by atoms with van der Waals surface area (Å²) >= 11 is 0. The number of sulfonamides is 1. The largest absolute Gasteiger partial charge is 0.326 e. The average Bonchev–Trinajstić information content (AvgIpc) is 3.21. The lowest BCUT2D eigenvalue weighted by molar-refractivity contribution is -0.121. The molecule has 0 aromatic heterocycles. The number of carbonyl (C=O) groups is 2. The van der Waals surface area contributed by atoms with Gasteiger partial charge in [0, 0.05) is 37.4 Å². The number of amides is 2. The van der Waals surface area contributed by atoms with Gasteiger partial charge in [0.05, 0.1) is 10.8 Å². The Balaban J connectivity index is 1.47. The molecule has 2 aromatic rings. The molecule has 32 heavy (non-hydrogen) atoms. The van der Waals surface area contributed by atoms with Crippen LogP contribution in [0.3, 0.4) is 0 Å². The van der Waals surface area contributed by atoms with E-state index in [1.54, 1.807) is 29.2 Å². The first-order valence-electron chi connectivity index (χ1n) is 11.0. The quantitative estimate of drug-likeness (QED) is 0.748. The molecular weight excluding hydrogens is 426 g/mol. The van der Waals surface area contributed by atoms with Gasteiger partial charge in [0.25, 0.3) is 0 Å². The van der Waals surface area contributed by atoms with Gasteiger partial charge in [0.2, 0.25) is 21.8 Å². The van der Waals surface area contributed by atoms with E-state index in [1.807, 2.05) is 32.0 Å². The van der Waals surface area contributed by atoms with Crippen molar-refractivity contribution in [2.24, 2.45) is 5.92 Å². The molecule has 170 valence electrons. The van der Waals surface area contributed by atoms with Gasteiger partial charge in [-0.1, -0.05) is 23.8 Å². The van der Waals surface area contributed by atoms with Gasteiger partial charge in [-0.3, -0.25) is 9.59 Å². The maximum absolute atomic E-state index is 13.0. The van der Waals surface area contributed by atoms with E-state index in [4.69, 9.17) is 0 Å². The molecule has 2 aliphatic heterocycles. The minimum absolute atomic E-state index is 0.0980. The Bertz CT molecular complexity index is 1130. The van der Waals surface area contributed by atoms with E-state index >= 15 is 0 Å². The Morgan fingerprint density at radius 1 is 1.03 bits per heavy atom. The smallest absolute Gasteiger partial charge is 0.243 e. The van der Waals surface area contributed by atoms with Crippen molar-refractivity contribution < 1.29 is 18.0 Å². The summed E-state index contributed by atoms with van der Waals surface area (Å²) in [4.78, 5) is 27.2. The van der Waals surface area contributed by atoms with Crippen molar-refractivity contribution in [1.82, 2.24) is 4.31 Å². The van der Waals surface area contributed by atoms with Gasteiger partial charge in [-0.05, 0) is 62.9 Å². The van der Waals surface area contributed by atoms with E-state index in [0.29, 0.717) is 38.0 Å².